The number of benzene rings is 6. The number of fused-ring (bicyclic) bond motifs is 13. The molecule has 0 radical (unpaired) electrons. The summed E-state index contributed by atoms with van der Waals surface area (Å²) in [7, 11) is 0. The van der Waals surface area contributed by atoms with Gasteiger partial charge in [-0.25, -0.2) is 9.97 Å². The number of aromatic nitrogens is 6. The third kappa shape index (κ3) is 4.73. The van der Waals surface area contributed by atoms with Crippen LogP contribution in [0.25, 0.3) is 120 Å². The molecule has 0 atom stereocenters. The lowest BCUT2D eigenvalue weighted by Gasteiger charge is -2.11. The summed E-state index contributed by atoms with van der Waals surface area (Å²) in [4.78, 5) is 20.3. The molecule has 0 unspecified atom stereocenters. The first kappa shape index (κ1) is 32.4. The molecular formula is C52H30N6S. The lowest BCUT2D eigenvalue weighted by atomic mass is 10.1. The highest BCUT2D eigenvalue weighted by Gasteiger charge is 2.22. The fraction of sp³-hybridized carbons (Fsp3) is 0. The molecule has 0 spiro atoms. The van der Waals surface area contributed by atoms with Gasteiger partial charge in [0.1, 0.15) is 11.6 Å². The van der Waals surface area contributed by atoms with Crippen molar-refractivity contribution < 1.29 is 0 Å². The number of pyridine rings is 4. The number of nitrogens with zero attached hydrogens (tertiary/aromatic N) is 6. The fourth-order valence-electron chi connectivity index (χ4n) is 9.25. The molecule has 6 nitrogen and oxygen atoms in total. The highest BCUT2D eigenvalue weighted by molar-refractivity contribution is 7.26. The zero-order valence-electron chi connectivity index (χ0n) is 31.4. The summed E-state index contributed by atoms with van der Waals surface area (Å²) >= 11 is 1.83. The maximum absolute atomic E-state index is 5.48. The van der Waals surface area contributed by atoms with Crippen molar-refractivity contribution in [2.24, 2.45) is 0 Å². The van der Waals surface area contributed by atoms with Crippen molar-refractivity contribution in [2.45, 2.75) is 0 Å². The van der Waals surface area contributed by atoms with Gasteiger partial charge in [0.25, 0.3) is 0 Å². The van der Waals surface area contributed by atoms with Crippen molar-refractivity contribution in [3.05, 3.63) is 182 Å². The molecule has 0 aliphatic rings. The van der Waals surface area contributed by atoms with Crippen LogP contribution in [-0.4, -0.2) is 29.1 Å². The van der Waals surface area contributed by atoms with Gasteiger partial charge < -0.3 is 0 Å². The lowest BCUT2D eigenvalue weighted by Crippen LogP contribution is -2.00. The van der Waals surface area contributed by atoms with E-state index in [1.54, 1.807) is 0 Å². The van der Waals surface area contributed by atoms with Crippen molar-refractivity contribution in [3.63, 3.8) is 0 Å². The number of hydrogen-bond donors (Lipinski definition) is 0. The quantitative estimate of drug-likeness (QED) is 0.167. The monoisotopic (exact) mass is 770 g/mol. The first-order valence-electron chi connectivity index (χ1n) is 19.7. The molecule has 0 amide bonds. The normalized spacial score (nSPS) is 12.1. The number of thiophene rings is 1. The van der Waals surface area contributed by atoms with Gasteiger partial charge in [0, 0.05) is 76.0 Å². The second-order valence-corrected chi connectivity index (χ2v) is 16.1. The Balaban J connectivity index is 1.04. The predicted molar refractivity (Wildman–Crippen MR) is 245 cm³/mol. The molecule has 0 aliphatic carbocycles. The first-order valence-corrected chi connectivity index (χ1v) is 20.5. The van der Waals surface area contributed by atoms with E-state index in [0.29, 0.717) is 0 Å². The van der Waals surface area contributed by atoms with Crippen LogP contribution in [0.1, 0.15) is 0 Å². The van der Waals surface area contributed by atoms with Crippen LogP contribution in [0.4, 0.5) is 0 Å². The van der Waals surface area contributed by atoms with Crippen LogP contribution >= 0.6 is 11.3 Å². The van der Waals surface area contributed by atoms with E-state index < -0.39 is 0 Å². The Morgan fingerprint density at radius 3 is 1.98 bits per heavy atom. The third-order valence-corrected chi connectivity index (χ3v) is 13.0. The van der Waals surface area contributed by atoms with E-state index in [-0.39, 0.29) is 0 Å². The Hall–Kier alpha value is -7.74. The average molecular weight is 771 g/mol. The summed E-state index contributed by atoms with van der Waals surface area (Å²) in [5, 5.41) is 9.37. The largest absolute Gasteiger partial charge is 0.294 e. The number of para-hydroxylation sites is 2. The van der Waals surface area contributed by atoms with Crippen LogP contribution in [0.2, 0.25) is 0 Å². The SMILES string of the molecule is c1cc(-c2cnc3ccc4ncccc4c3c2)nc(-n2c3ccccc3c3c2ccc2c4ccccc4n(-c4cccc(-c5cccc6c5sc5ccccc56)n4)c23)c1. The molecule has 13 rings (SSSR count). The van der Waals surface area contributed by atoms with E-state index in [2.05, 4.69) is 166 Å². The zero-order chi connectivity index (χ0) is 38.6. The van der Waals surface area contributed by atoms with Gasteiger partial charge >= 0.3 is 0 Å². The summed E-state index contributed by atoms with van der Waals surface area (Å²) in [6.07, 6.45) is 3.75. The summed E-state index contributed by atoms with van der Waals surface area (Å²) in [6.45, 7) is 0. The smallest absolute Gasteiger partial charge is 0.138 e. The maximum atomic E-state index is 5.48. The first-order chi connectivity index (χ1) is 29.3. The molecular weight excluding hydrogens is 741 g/mol. The number of rotatable bonds is 4. The van der Waals surface area contributed by atoms with Gasteiger partial charge in [0.15, 0.2) is 0 Å². The molecule has 0 bridgehead atoms. The topological polar surface area (TPSA) is 61.4 Å². The summed E-state index contributed by atoms with van der Waals surface area (Å²) in [6, 6.07) is 60.1. The van der Waals surface area contributed by atoms with E-state index >= 15 is 0 Å². The maximum Gasteiger partial charge on any atom is 0.138 e. The standard InChI is InChI=1S/C52H30N6S/c1-4-19-44-33(11-1)35-24-27-46-50(51(35)58(44)49-23-9-18-43(56-49)37-15-7-14-36-34-12-3-6-21-47(34)59-52(36)37)38-13-2-5-20-45(38)57(46)48-22-8-17-40(55-48)31-29-39-32-16-10-28-53-41(32)25-26-42(39)54-30-31/h1-30H. The Labute approximate surface area is 340 Å². The highest BCUT2D eigenvalue weighted by atomic mass is 32.1. The summed E-state index contributed by atoms with van der Waals surface area (Å²) < 4.78 is 7.20. The Kier molecular flexibility index (Phi) is 6.79. The van der Waals surface area contributed by atoms with Gasteiger partial charge in [-0.15, -0.1) is 11.3 Å². The highest BCUT2D eigenvalue weighted by Crippen LogP contribution is 2.43. The van der Waals surface area contributed by atoms with Crippen LogP contribution in [0.15, 0.2) is 182 Å². The fourth-order valence-corrected chi connectivity index (χ4v) is 10.5. The van der Waals surface area contributed by atoms with Crippen LogP contribution in [0.3, 0.4) is 0 Å². The molecule has 0 saturated carbocycles. The van der Waals surface area contributed by atoms with Crippen LogP contribution in [-0.2, 0) is 0 Å². The van der Waals surface area contributed by atoms with E-state index in [4.69, 9.17) is 15.0 Å². The van der Waals surface area contributed by atoms with Gasteiger partial charge in [0.2, 0.25) is 0 Å². The molecule has 0 fully saturated rings. The predicted octanol–water partition coefficient (Wildman–Crippen LogP) is 13.5. The van der Waals surface area contributed by atoms with Crippen LogP contribution < -0.4 is 0 Å². The van der Waals surface area contributed by atoms with Crippen molar-refractivity contribution in [1.82, 2.24) is 29.1 Å². The summed E-state index contributed by atoms with van der Waals surface area (Å²) in [5.74, 6) is 1.72. The second-order valence-electron chi connectivity index (χ2n) is 15.0. The molecule has 0 aliphatic heterocycles. The van der Waals surface area contributed by atoms with Crippen LogP contribution in [0, 0.1) is 0 Å². The molecule has 59 heavy (non-hydrogen) atoms. The van der Waals surface area contributed by atoms with Crippen molar-refractivity contribution in [3.8, 4) is 34.2 Å². The minimum Gasteiger partial charge on any atom is -0.294 e. The Bertz CT molecular complexity index is 3870. The zero-order valence-corrected chi connectivity index (χ0v) is 32.2. The van der Waals surface area contributed by atoms with Gasteiger partial charge in [-0.05, 0) is 72.8 Å². The van der Waals surface area contributed by atoms with E-state index in [1.807, 2.05) is 41.9 Å². The van der Waals surface area contributed by atoms with Crippen molar-refractivity contribution >= 4 is 96.9 Å². The Morgan fingerprint density at radius 1 is 0.424 bits per heavy atom. The van der Waals surface area contributed by atoms with Gasteiger partial charge in [-0.3, -0.25) is 19.1 Å². The Morgan fingerprint density at radius 2 is 1.10 bits per heavy atom. The van der Waals surface area contributed by atoms with E-state index in [1.165, 1.54) is 30.9 Å². The molecule has 274 valence electrons. The minimum atomic E-state index is 0.840. The molecule has 13 aromatic rings. The summed E-state index contributed by atoms with van der Waals surface area (Å²) in [5.41, 5.74) is 10.2. The third-order valence-electron chi connectivity index (χ3n) is 11.8. The van der Waals surface area contributed by atoms with Crippen LogP contribution in [0.5, 0.6) is 0 Å². The molecule has 7 aromatic heterocycles. The van der Waals surface area contributed by atoms with Crippen molar-refractivity contribution in [1.29, 1.82) is 0 Å². The average Bonchev–Trinajstić information content (AvgIpc) is 3.97. The molecule has 0 N–H and O–H groups in total. The van der Waals surface area contributed by atoms with Crippen molar-refractivity contribution in [2.75, 3.05) is 0 Å². The van der Waals surface area contributed by atoms with Gasteiger partial charge in [-0.1, -0.05) is 97.1 Å². The molecule has 0 saturated heterocycles. The number of hydrogen-bond acceptors (Lipinski definition) is 5. The van der Waals surface area contributed by atoms with E-state index in [9.17, 15) is 0 Å². The molecule has 7 heterocycles. The van der Waals surface area contributed by atoms with Gasteiger partial charge in [0.05, 0.1) is 44.5 Å². The minimum absolute atomic E-state index is 0.840. The van der Waals surface area contributed by atoms with Gasteiger partial charge in [-0.2, -0.15) is 0 Å². The molecule has 6 aromatic carbocycles. The lowest BCUT2D eigenvalue weighted by molar-refractivity contribution is 1.08. The van der Waals surface area contributed by atoms with E-state index in [0.717, 1.165) is 88.8 Å². The second kappa shape index (κ2) is 12.4. The molecule has 7 heteroatoms.